The van der Waals surface area contributed by atoms with Crippen LogP contribution in [0.2, 0.25) is 0 Å². The molecule has 1 atom stereocenters. The molecule has 0 amide bonds. The minimum absolute atomic E-state index is 0.315. The van der Waals surface area contributed by atoms with Gasteiger partial charge in [0.1, 0.15) is 0 Å². The fraction of sp³-hybridized carbons (Fsp3) is 0.429. The van der Waals surface area contributed by atoms with E-state index in [0.29, 0.717) is 5.57 Å². The van der Waals surface area contributed by atoms with Crippen molar-refractivity contribution in [3.8, 4) is 0 Å². The van der Waals surface area contributed by atoms with Gasteiger partial charge in [-0.25, -0.2) is 4.79 Å². The summed E-state index contributed by atoms with van der Waals surface area (Å²) >= 11 is 0. The van der Waals surface area contributed by atoms with Crippen molar-refractivity contribution in [3.05, 3.63) is 17.4 Å². The zero-order valence-electron chi connectivity index (χ0n) is 5.96. The van der Waals surface area contributed by atoms with Gasteiger partial charge in [0.05, 0.1) is 0 Å². The largest absolute Gasteiger partial charge is 0.479 e. The van der Waals surface area contributed by atoms with Crippen LogP contribution < -0.4 is 0 Å². The van der Waals surface area contributed by atoms with Gasteiger partial charge < -0.3 is 10.2 Å². The van der Waals surface area contributed by atoms with Gasteiger partial charge in [-0.1, -0.05) is 0 Å². The average Bonchev–Trinajstić information content (AvgIpc) is 1.87. The molecule has 10 heavy (non-hydrogen) atoms. The van der Waals surface area contributed by atoms with E-state index < -0.39 is 12.1 Å². The van der Waals surface area contributed by atoms with Crippen molar-refractivity contribution < 1.29 is 15.0 Å². The van der Waals surface area contributed by atoms with E-state index in [2.05, 4.69) is 5.73 Å². The maximum absolute atomic E-state index is 10.1. The first-order chi connectivity index (χ1) is 4.59. The number of rotatable bonds is 2. The summed E-state index contributed by atoms with van der Waals surface area (Å²) in [6.07, 6.45) is 0.137. The van der Waals surface area contributed by atoms with E-state index in [1.54, 1.807) is 13.0 Å². The predicted octanol–water partition coefficient (Wildman–Crippen LogP) is 0.553. The van der Waals surface area contributed by atoms with Crippen molar-refractivity contribution >= 4 is 5.97 Å². The normalized spacial score (nSPS) is 11.5. The van der Waals surface area contributed by atoms with Gasteiger partial charge in [-0.2, -0.15) is 0 Å². The van der Waals surface area contributed by atoms with Crippen LogP contribution in [0.3, 0.4) is 0 Å². The van der Waals surface area contributed by atoms with Crippen molar-refractivity contribution in [1.82, 2.24) is 0 Å². The Hall–Kier alpha value is -1.05. The summed E-state index contributed by atoms with van der Waals surface area (Å²) in [4.78, 5) is 10.1. The molecule has 0 spiro atoms. The fourth-order valence-corrected chi connectivity index (χ4v) is 0.492. The van der Waals surface area contributed by atoms with Crippen LogP contribution in [0.5, 0.6) is 0 Å². The van der Waals surface area contributed by atoms with E-state index in [4.69, 9.17) is 10.2 Å². The average molecular weight is 142 g/mol. The summed E-state index contributed by atoms with van der Waals surface area (Å²) in [6.45, 7) is 3.22. The number of hydrogen-bond acceptors (Lipinski definition) is 2. The second-order valence-electron chi connectivity index (χ2n) is 1.86. The molecule has 2 N–H and O–H groups in total. The first kappa shape index (κ1) is 8.95. The van der Waals surface area contributed by atoms with Gasteiger partial charge >= 0.3 is 5.97 Å². The van der Waals surface area contributed by atoms with Crippen LogP contribution in [-0.4, -0.2) is 22.3 Å². The third-order valence-electron chi connectivity index (χ3n) is 1.02. The van der Waals surface area contributed by atoms with Crippen molar-refractivity contribution in [2.24, 2.45) is 0 Å². The number of hydrogen-bond donors (Lipinski definition) is 2. The molecule has 0 heterocycles. The maximum atomic E-state index is 10.1. The summed E-state index contributed by atoms with van der Waals surface area (Å²) in [6, 6.07) is 0. The first-order valence-corrected chi connectivity index (χ1v) is 2.88. The highest BCUT2D eigenvalue weighted by Crippen LogP contribution is 1.97. The molecule has 0 bridgehead atoms. The lowest BCUT2D eigenvalue weighted by molar-refractivity contribution is -0.144. The molecule has 3 heteroatoms. The molecule has 0 unspecified atom stereocenters. The highest BCUT2D eigenvalue weighted by atomic mass is 16.4. The van der Waals surface area contributed by atoms with Crippen LogP contribution in [0.25, 0.3) is 0 Å². The smallest absolute Gasteiger partial charge is 0.337 e. The van der Waals surface area contributed by atoms with E-state index >= 15 is 0 Å². The van der Waals surface area contributed by atoms with Crippen LogP contribution in [0.4, 0.5) is 0 Å². The predicted molar refractivity (Wildman–Crippen MR) is 36.6 cm³/mol. The van der Waals surface area contributed by atoms with E-state index in [9.17, 15) is 4.79 Å². The third kappa shape index (κ3) is 2.49. The molecule has 0 fully saturated rings. The highest BCUT2D eigenvalue weighted by molar-refractivity contribution is 5.75. The van der Waals surface area contributed by atoms with Crippen molar-refractivity contribution in [2.45, 2.75) is 20.0 Å². The van der Waals surface area contributed by atoms with Gasteiger partial charge in [0, 0.05) is 5.57 Å². The van der Waals surface area contributed by atoms with Gasteiger partial charge in [-0.3, -0.25) is 0 Å². The summed E-state index contributed by atoms with van der Waals surface area (Å²) in [5, 5.41) is 17.1. The molecule has 0 aliphatic heterocycles. The SMILES string of the molecule is CC=C=C(C)[C@H](O)C(=O)O. The molecule has 56 valence electrons. The van der Waals surface area contributed by atoms with Gasteiger partial charge in [-0.05, 0) is 19.9 Å². The molecule has 0 aromatic heterocycles. The first-order valence-electron chi connectivity index (χ1n) is 2.88. The van der Waals surface area contributed by atoms with E-state index in [0.717, 1.165) is 0 Å². The van der Waals surface area contributed by atoms with Gasteiger partial charge in [0.2, 0.25) is 0 Å². The van der Waals surface area contributed by atoms with E-state index in [1.165, 1.54) is 6.92 Å². The Morgan fingerprint density at radius 1 is 1.70 bits per heavy atom. The second-order valence-corrected chi connectivity index (χ2v) is 1.86. The van der Waals surface area contributed by atoms with Gasteiger partial charge in [-0.15, -0.1) is 5.73 Å². The van der Waals surface area contributed by atoms with Gasteiger partial charge in [0.25, 0.3) is 0 Å². The fourth-order valence-electron chi connectivity index (χ4n) is 0.492. The van der Waals surface area contributed by atoms with Crippen LogP contribution >= 0.6 is 0 Å². The Kier molecular flexibility index (Phi) is 3.47. The lowest BCUT2D eigenvalue weighted by Crippen LogP contribution is -2.19. The highest BCUT2D eigenvalue weighted by Gasteiger charge is 2.13. The zero-order chi connectivity index (χ0) is 8.15. The number of aliphatic hydroxyl groups excluding tert-OH is 1. The monoisotopic (exact) mass is 142 g/mol. The van der Waals surface area contributed by atoms with E-state index in [-0.39, 0.29) is 0 Å². The molecule has 0 saturated carbocycles. The molecule has 0 aromatic carbocycles. The molecule has 3 nitrogen and oxygen atoms in total. The topological polar surface area (TPSA) is 57.5 Å². The zero-order valence-corrected chi connectivity index (χ0v) is 5.96. The minimum atomic E-state index is -1.42. The maximum Gasteiger partial charge on any atom is 0.337 e. The minimum Gasteiger partial charge on any atom is -0.479 e. The van der Waals surface area contributed by atoms with Crippen molar-refractivity contribution in [2.75, 3.05) is 0 Å². The lowest BCUT2D eigenvalue weighted by atomic mass is 10.2. The van der Waals surface area contributed by atoms with E-state index in [1.807, 2.05) is 0 Å². The summed E-state index contributed by atoms with van der Waals surface area (Å²) in [7, 11) is 0. The van der Waals surface area contributed by atoms with Crippen LogP contribution in [0, 0.1) is 0 Å². The summed E-state index contributed by atoms with van der Waals surface area (Å²) in [5.41, 5.74) is 2.90. The van der Waals surface area contributed by atoms with Crippen LogP contribution in [-0.2, 0) is 4.79 Å². The molecular formula is C7H10O3. The molecular weight excluding hydrogens is 132 g/mol. The summed E-state index contributed by atoms with van der Waals surface area (Å²) in [5.74, 6) is -1.24. The lowest BCUT2D eigenvalue weighted by Gasteiger charge is -2.00. The standard InChI is InChI=1S/C7H10O3/c1-3-4-5(2)6(8)7(9)10/h3,6,8H,1-2H3,(H,9,10)/t4?,6-/m0/s1. The van der Waals surface area contributed by atoms with Crippen molar-refractivity contribution in [1.29, 1.82) is 0 Å². The third-order valence-corrected chi connectivity index (χ3v) is 1.02. The Morgan fingerprint density at radius 2 is 2.20 bits per heavy atom. The Balaban J connectivity index is 4.36. The van der Waals surface area contributed by atoms with Crippen molar-refractivity contribution in [3.63, 3.8) is 0 Å². The number of aliphatic hydroxyl groups is 1. The Morgan fingerprint density at radius 3 is 2.50 bits per heavy atom. The molecule has 0 radical (unpaired) electrons. The molecule has 0 aromatic rings. The Labute approximate surface area is 59.3 Å². The number of carbonyl (C=O) groups is 1. The van der Waals surface area contributed by atoms with Crippen LogP contribution in [0.1, 0.15) is 13.8 Å². The molecule has 0 saturated heterocycles. The number of carboxylic acid groups (broad SMARTS) is 1. The summed E-state index contributed by atoms with van der Waals surface area (Å²) < 4.78 is 0. The van der Waals surface area contributed by atoms with Crippen LogP contribution in [0.15, 0.2) is 17.4 Å². The molecule has 0 rings (SSSR count). The Bertz CT molecular complexity index is 187. The quantitative estimate of drug-likeness (QED) is 0.553. The molecule has 0 aliphatic carbocycles. The molecule has 0 aliphatic rings. The van der Waals surface area contributed by atoms with Gasteiger partial charge in [0.15, 0.2) is 6.10 Å². The second kappa shape index (κ2) is 3.88. The number of aliphatic carboxylic acids is 1. The number of carboxylic acids is 1.